The lowest BCUT2D eigenvalue weighted by molar-refractivity contribution is -0.114. The summed E-state index contributed by atoms with van der Waals surface area (Å²) in [4.78, 5) is 42.5. The molecule has 0 radical (unpaired) electrons. The lowest BCUT2D eigenvalue weighted by atomic mass is 9.65. The van der Waals surface area contributed by atoms with Gasteiger partial charge in [0.1, 0.15) is 5.82 Å². The molecule has 0 N–H and O–H groups in total. The maximum atomic E-state index is 15.2. The van der Waals surface area contributed by atoms with E-state index in [-0.39, 0.29) is 17.3 Å². The number of benzene rings is 2. The van der Waals surface area contributed by atoms with Gasteiger partial charge in [-0.3, -0.25) is 9.59 Å². The highest BCUT2D eigenvalue weighted by molar-refractivity contribution is 6.36. The first kappa shape index (κ1) is 26.3. The lowest BCUT2D eigenvalue weighted by Gasteiger charge is -2.49. The maximum Gasteiger partial charge on any atom is 0.259 e. The van der Waals surface area contributed by atoms with Gasteiger partial charge in [-0.05, 0) is 57.5 Å². The second-order valence-electron chi connectivity index (χ2n) is 12.1. The Labute approximate surface area is 234 Å². The van der Waals surface area contributed by atoms with E-state index in [9.17, 15) is 9.59 Å². The summed E-state index contributed by atoms with van der Waals surface area (Å²) in [6.07, 6.45) is 3.58. The molecule has 2 aromatic carbocycles. The molecule has 4 heterocycles. The van der Waals surface area contributed by atoms with Crippen LogP contribution >= 0.6 is 0 Å². The average Bonchev–Trinajstić information content (AvgIpc) is 3.20. The molecule has 1 amide bonds. The second kappa shape index (κ2) is 9.34. The van der Waals surface area contributed by atoms with E-state index in [1.165, 1.54) is 18.2 Å². The molecule has 3 aromatic rings. The number of hydrogen-bond acceptors (Lipinski definition) is 6. The van der Waals surface area contributed by atoms with E-state index in [1.54, 1.807) is 11.1 Å². The smallest absolute Gasteiger partial charge is 0.259 e. The van der Waals surface area contributed by atoms with Crippen LogP contribution in [0, 0.1) is 12.7 Å². The fraction of sp³-hybridized carbons (Fsp3) is 0.375. The molecule has 0 spiro atoms. The third-order valence-electron chi connectivity index (χ3n) is 8.71. The van der Waals surface area contributed by atoms with Crippen molar-refractivity contribution in [3.8, 4) is 0 Å². The Morgan fingerprint density at radius 1 is 1.05 bits per heavy atom. The number of ketones is 1. The van der Waals surface area contributed by atoms with Crippen LogP contribution in [0.4, 0.5) is 15.8 Å². The van der Waals surface area contributed by atoms with Gasteiger partial charge in [0.05, 0.1) is 28.8 Å². The molecule has 7 nitrogen and oxygen atoms in total. The molecule has 1 saturated heterocycles. The molecule has 0 aliphatic carbocycles. The molecule has 3 aliphatic heterocycles. The van der Waals surface area contributed by atoms with Gasteiger partial charge in [0, 0.05) is 48.8 Å². The first-order valence-corrected chi connectivity index (χ1v) is 13.8. The zero-order chi connectivity index (χ0) is 28.4. The SMILES string of the molecule is Cc1nc(C(=O)C=C2C(=O)N3c4c2cc(F)cc4C(C)(c2ccccc2)CC3(C)C)ncc1N1CCN(C)CC1. The van der Waals surface area contributed by atoms with Crippen LogP contribution in [0.25, 0.3) is 5.57 Å². The molecule has 1 fully saturated rings. The van der Waals surface area contributed by atoms with Gasteiger partial charge in [-0.25, -0.2) is 14.4 Å². The highest BCUT2D eigenvalue weighted by Crippen LogP contribution is 2.56. The van der Waals surface area contributed by atoms with Crippen LogP contribution in [-0.4, -0.2) is 65.3 Å². The molecule has 0 bridgehead atoms. The zero-order valence-electron chi connectivity index (χ0n) is 23.7. The maximum absolute atomic E-state index is 15.2. The van der Waals surface area contributed by atoms with Crippen LogP contribution < -0.4 is 9.80 Å². The fourth-order valence-corrected chi connectivity index (χ4v) is 6.76. The van der Waals surface area contributed by atoms with E-state index in [4.69, 9.17) is 0 Å². The summed E-state index contributed by atoms with van der Waals surface area (Å²) in [6.45, 7) is 11.6. The normalized spacial score (nSPS) is 23.1. The van der Waals surface area contributed by atoms with E-state index >= 15 is 4.39 Å². The number of carbonyl (C=O) groups is 2. The summed E-state index contributed by atoms with van der Waals surface area (Å²) in [5.74, 6) is -1.19. The van der Waals surface area contributed by atoms with Gasteiger partial charge < -0.3 is 14.7 Å². The number of likely N-dealkylation sites (N-methyl/N-ethyl adjacent to an activating group) is 1. The molecule has 8 heteroatoms. The number of amides is 1. The molecule has 0 saturated carbocycles. The summed E-state index contributed by atoms with van der Waals surface area (Å²) >= 11 is 0. The third-order valence-corrected chi connectivity index (χ3v) is 8.71. The molecular formula is C32H34FN5O2. The van der Waals surface area contributed by atoms with Crippen LogP contribution in [0.5, 0.6) is 0 Å². The number of piperazine rings is 1. The van der Waals surface area contributed by atoms with Gasteiger partial charge in [-0.2, -0.15) is 0 Å². The standard InChI is InChI=1S/C32H34FN5O2/c1-20-26(37-13-11-36(5)12-14-37)18-34-29(35-20)27(39)17-24-23-15-22(33)16-25-28(23)38(30(24)40)31(2,3)19-32(25,4)21-9-7-6-8-10-21/h6-10,15-18H,11-14,19H2,1-5H3. The molecule has 6 rings (SSSR count). The quantitative estimate of drug-likeness (QED) is 0.351. The van der Waals surface area contributed by atoms with Crippen LogP contribution in [0.15, 0.2) is 54.7 Å². The Kier molecular flexibility index (Phi) is 6.14. The topological polar surface area (TPSA) is 69.6 Å². The Balaban J connectivity index is 1.41. The van der Waals surface area contributed by atoms with Crippen molar-refractivity contribution in [2.75, 3.05) is 43.0 Å². The lowest BCUT2D eigenvalue weighted by Crippen LogP contribution is -2.54. The molecule has 206 valence electrons. The van der Waals surface area contributed by atoms with Gasteiger partial charge in [0.25, 0.3) is 5.91 Å². The van der Waals surface area contributed by atoms with Gasteiger partial charge in [0.15, 0.2) is 0 Å². The van der Waals surface area contributed by atoms with Gasteiger partial charge in [-0.15, -0.1) is 0 Å². The number of hydrogen-bond donors (Lipinski definition) is 0. The first-order chi connectivity index (χ1) is 19.0. The zero-order valence-corrected chi connectivity index (χ0v) is 23.7. The first-order valence-electron chi connectivity index (χ1n) is 13.8. The molecule has 40 heavy (non-hydrogen) atoms. The Bertz CT molecular complexity index is 1560. The number of aromatic nitrogens is 2. The van der Waals surface area contributed by atoms with Crippen molar-refractivity contribution in [3.05, 3.63) is 88.8 Å². The monoisotopic (exact) mass is 539 g/mol. The fourth-order valence-electron chi connectivity index (χ4n) is 6.76. The van der Waals surface area contributed by atoms with Crippen molar-refractivity contribution < 1.29 is 14.0 Å². The van der Waals surface area contributed by atoms with Gasteiger partial charge >= 0.3 is 0 Å². The third kappa shape index (κ3) is 4.13. The molecule has 1 aromatic heterocycles. The Morgan fingerprint density at radius 3 is 2.42 bits per heavy atom. The predicted molar refractivity (Wildman–Crippen MR) is 154 cm³/mol. The van der Waals surface area contributed by atoms with E-state index < -0.39 is 22.6 Å². The largest absolute Gasteiger partial charge is 0.366 e. The number of allylic oxidation sites excluding steroid dienone is 1. The minimum absolute atomic E-state index is 0.0237. The minimum atomic E-state index is -0.572. The van der Waals surface area contributed by atoms with Crippen molar-refractivity contribution in [1.29, 1.82) is 0 Å². The van der Waals surface area contributed by atoms with Crippen molar-refractivity contribution in [1.82, 2.24) is 14.9 Å². The summed E-state index contributed by atoms with van der Waals surface area (Å²) in [6, 6.07) is 12.9. The van der Waals surface area contributed by atoms with Crippen LogP contribution in [0.1, 0.15) is 60.2 Å². The van der Waals surface area contributed by atoms with E-state index in [0.29, 0.717) is 23.4 Å². The van der Waals surface area contributed by atoms with Gasteiger partial charge in [0.2, 0.25) is 11.6 Å². The molecule has 1 unspecified atom stereocenters. The summed E-state index contributed by atoms with van der Waals surface area (Å²) < 4.78 is 15.2. The van der Waals surface area contributed by atoms with Crippen molar-refractivity contribution in [2.24, 2.45) is 0 Å². The Morgan fingerprint density at radius 2 is 1.75 bits per heavy atom. The number of carbonyl (C=O) groups excluding carboxylic acids is 2. The van der Waals surface area contributed by atoms with E-state index in [1.807, 2.05) is 51.1 Å². The van der Waals surface area contributed by atoms with E-state index in [0.717, 1.165) is 43.0 Å². The number of anilines is 2. The number of rotatable bonds is 4. The summed E-state index contributed by atoms with van der Waals surface area (Å²) in [7, 11) is 2.10. The highest BCUT2D eigenvalue weighted by Gasteiger charge is 2.53. The minimum Gasteiger partial charge on any atom is -0.366 e. The number of halogens is 1. The molecule has 1 atom stereocenters. The van der Waals surface area contributed by atoms with E-state index in [2.05, 4.69) is 33.7 Å². The van der Waals surface area contributed by atoms with Crippen LogP contribution in [-0.2, 0) is 10.2 Å². The predicted octanol–water partition coefficient (Wildman–Crippen LogP) is 4.78. The average molecular weight is 540 g/mol. The van der Waals surface area contributed by atoms with Crippen molar-refractivity contribution in [3.63, 3.8) is 0 Å². The number of aryl methyl sites for hydroxylation is 1. The van der Waals surface area contributed by atoms with Crippen LogP contribution in [0.2, 0.25) is 0 Å². The summed E-state index contributed by atoms with van der Waals surface area (Å²) in [5.41, 5.74) is 3.63. The van der Waals surface area contributed by atoms with Crippen molar-refractivity contribution in [2.45, 2.75) is 45.1 Å². The van der Waals surface area contributed by atoms with Crippen LogP contribution in [0.3, 0.4) is 0 Å². The van der Waals surface area contributed by atoms with Gasteiger partial charge in [-0.1, -0.05) is 37.3 Å². The molecule has 3 aliphatic rings. The number of nitrogens with zero attached hydrogens (tertiary/aromatic N) is 5. The van der Waals surface area contributed by atoms with Crippen molar-refractivity contribution >= 4 is 28.6 Å². The Hall–Kier alpha value is -3.91. The second-order valence-corrected chi connectivity index (χ2v) is 12.1. The molecular weight excluding hydrogens is 505 g/mol. The summed E-state index contributed by atoms with van der Waals surface area (Å²) in [5, 5.41) is 0. The highest BCUT2D eigenvalue weighted by atomic mass is 19.1.